The van der Waals surface area contributed by atoms with E-state index in [0.717, 1.165) is 31.4 Å². The molecule has 0 aromatic carbocycles. The smallest absolute Gasteiger partial charge is 0.160 e. The molecule has 0 aromatic heterocycles. The fourth-order valence-corrected chi connectivity index (χ4v) is 2.02. The van der Waals surface area contributed by atoms with Crippen molar-refractivity contribution in [2.45, 2.75) is 58.3 Å². The molecule has 0 atom stereocenters. The van der Waals surface area contributed by atoms with E-state index < -0.39 is 0 Å². The van der Waals surface area contributed by atoms with E-state index in [-0.39, 0.29) is 0 Å². The molecule has 0 bridgehead atoms. The van der Waals surface area contributed by atoms with Gasteiger partial charge in [-0.15, -0.1) is 0 Å². The summed E-state index contributed by atoms with van der Waals surface area (Å²) in [4.78, 5) is 11.9. The Morgan fingerprint density at radius 2 is 2.06 bits per heavy atom. The van der Waals surface area contributed by atoms with Crippen LogP contribution in [0.25, 0.3) is 0 Å². The Morgan fingerprint density at radius 1 is 1.25 bits per heavy atom. The molecule has 16 heavy (non-hydrogen) atoms. The minimum atomic E-state index is 0.304. The van der Waals surface area contributed by atoms with Crippen LogP contribution in [0, 0.1) is 0 Å². The first-order valence-electron chi connectivity index (χ1n) is 6.64. The van der Waals surface area contributed by atoms with Crippen molar-refractivity contribution < 1.29 is 9.53 Å². The summed E-state index contributed by atoms with van der Waals surface area (Å²) < 4.78 is 5.35. The van der Waals surface area contributed by atoms with E-state index in [1.165, 1.54) is 25.7 Å². The molecule has 0 saturated carbocycles. The molecule has 0 saturated heterocycles. The van der Waals surface area contributed by atoms with Gasteiger partial charge in [0.25, 0.3) is 0 Å². The number of allylic oxidation sites excluding steroid dienone is 2. The molecule has 0 N–H and O–H groups in total. The molecule has 0 aliphatic heterocycles. The summed E-state index contributed by atoms with van der Waals surface area (Å²) in [6.45, 7) is 3.44. The van der Waals surface area contributed by atoms with Gasteiger partial charge in [-0.2, -0.15) is 0 Å². The van der Waals surface area contributed by atoms with Gasteiger partial charge in [0, 0.05) is 13.0 Å². The number of hydrogen-bond acceptors (Lipinski definition) is 2. The van der Waals surface area contributed by atoms with Gasteiger partial charge in [-0.05, 0) is 37.7 Å². The van der Waals surface area contributed by atoms with Gasteiger partial charge in [0.15, 0.2) is 5.78 Å². The average Bonchev–Trinajstić information content (AvgIpc) is 2.23. The monoisotopic (exact) mass is 224 g/mol. The van der Waals surface area contributed by atoms with Crippen molar-refractivity contribution in [3.63, 3.8) is 0 Å². The zero-order valence-corrected chi connectivity index (χ0v) is 10.5. The Hall–Kier alpha value is -0.630. The normalized spacial score (nSPS) is 17.4. The van der Waals surface area contributed by atoms with E-state index >= 15 is 0 Å². The third-order valence-corrected chi connectivity index (χ3v) is 2.97. The van der Waals surface area contributed by atoms with Crippen LogP contribution in [0.15, 0.2) is 11.6 Å². The van der Waals surface area contributed by atoms with Gasteiger partial charge < -0.3 is 4.74 Å². The topological polar surface area (TPSA) is 26.3 Å². The molecule has 1 aliphatic carbocycles. The highest BCUT2D eigenvalue weighted by Gasteiger charge is 2.10. The standard InChI is InChI=1S/C14H24O2/c1-2-11-16-12-10-14(15)13-8-6-4-3-5-7-9-13/h8H,2-7,9-12H2,1H3. The van der Waals surface area contributed by atoms with Crippen molar-refractivity contribution in [1.29, 1.82) is 0 Å². The Bertz CT molecular complexity index is 231. The SMILES string of the molecule is CCCOCCC(=O)C1=CCCCCCC1. The maximum absolute atomic E-state index is 11.9. The largest absolute Gasteiger partial charge is 0.381 e. The molecule has 1 aliphatic rings. The summed E-state index contributed by atoms with van der Waals surface area (Å²) in [6.07, 6.45) is 10.8. The summed E-state index contributed by atoms with van der Waals surface area (Å²) in [5, 5.41) is 0. The molecule has 2 heteroatoms. The summed E-state index contributed by atoms with van der Waals surface area (Å²) in [5.74, 6) is 0.304. The number of rotatable bonds is 6. The molecule has 0 unspecified atom stereocenters. The van der Waals surface area contributed by atoms with Crippen LogP contribution in [-0.2, 0) is 9.53 Å². The summed E-state index contributed by atoms with van der Waals surface area (Å²) in [5.41, 5.74) is 1.06. The number of ketones is 1. The Labute approximate surface area is 99.1 Å². The predicted octanol–water partition coefficient (Wildman–Crippen LogP) is 3.65. The van der Waals surface area contributed by atoms with E-state index in [4.69, 9.17) is 4.74 Å². The number of carbonyl (C=O) groups is 1. The van der Waals surface area contributed by atoms with Crippen LogP contribution in [-0.4, -0.2) is 19.0 Å². The first-order valence-corrected chi connectivity index (χ1v) is 6.64. The van der Waals surface area contributed by atoms with Gasteiger partial charge in [-0.1, -0.05) is 25.8 Å². The van der Waals surface area contributed by atoms with E-state index in [0.29, 0.717) is 18.8 Å². The molecule has 0 fully saturated rings. The van der Waals surface area contributed by atoms with Crippen molar-refractivity contribution in [2.24, 2.45) is 0 Å². The maximum atomic E-state index is 11.9. The molecule has 0 aromatic rings. The molecule has 2 nitrogen and oxygen atoms in total. The molecule has 0 amide bonds. The molecular formula is C14H24O2. The third kappa shape index (κ3) is 5.45. The first-order chi connectivity index (χ1) is 7.84. The van der Waals surface area contributed by atoms with Crippen molar-refractivity contribution in [3.8, 4) is 0 Å². The lowest BCUT2D eigenvalue weighted by Gasteiger charge is -2.10. The Morgan fingerprint density at radius 3 is 2.88 bits per heavy atom. The Kier molecular flexibility index (Phi) is 7.15. The minimum Gasteiger partial charge on any atom is -0.381 e. The van der Waals surface area contributed by atoms with Gasteiger partial charge in [0.1, 0.15) is 0 Å². The molecule has 0 spiro atoms. The zero-order chi connectivity index (χ0) is 11.6. The van der Waals surface area contributed by atoms with Crippen LogP contribution in [0.5, 0.6) is 0 Å². The molecular weight excluding hydrogens is 200 g/mol. The van der Waals surface area contributed by atoms with E-state index in [1.54, 1.807) is 0 Å². The van der Waals surface area contributed by atoms with Crippen molar-refractivity contribution >= 4 is 5.78 Å². The number of Topliss-reactive ketones (excluding diaryl/α,β-unsaturated/α-hetero) is 1. The second-order valence-electron chi connectivity index (χ2n) is 4.47. The number of carbonyl (C=O) groups excluding carboxylic acids is 1. The van der Waals surface area contributed by atoms with Crippen LogP contribution in [0.2, 0.25) is 0 Å². The zero-order valence-electron chi connectivity index (χ0n) is 10.5. The number of hydrogen-bond donors (Lipinski definition) is 0. The highest BCUT2D eigenvalue weighted by atomic mass is 16.5. The lowest BCUT2D eigenvalue weighted by atomic mass is 9.96. The highest BCUT2D eigenvalue weighted by molar-refractivity contribution is 5.95. The van der Waals surface area contributed by atoms with E-state index in [2.05, 4.69) is 13.0 Å². The van der Waals surface area contributed by atoms with E-state index in [1.807, 2.05) is 0 Å². The molecule has 92 valence electrons. The van der Waals surface area contributed by atoms with Gasteiger partial charge in [-0.25, -0.2) is 0 Å². The quantitative estimate of drug-likeness (QED) is 0.644. The second kappa shape index (κ2) is 8.51. The van der Waals surface area contributed by atoms with Crippen molar-refractivity contribution in [3.05, 3.63) is 11.6 Å². The van der Waals surface area contributed by atoms with Gasteiger partial charge >= 0.3 is 0 Å². The van der Waals surface area contributed by atoms with E-state index in [9.17, 15) is 4.79 Å². The van der Waals surface area contributed by atoms with Crippen LogP contribution < -0.4 is 0 Å². The van der Waals surface area contributed by atoms with Crippen LogP contribution >= 0.6 is 0 Å². The van der Waals surface area contributed by atoms with Crippen LogP contribution in [0.1, 0.15) is 58.3 Å². The predicted molar refractivity (Wildman–Crippen MR) is 66.5 cm³/mol. The van der Waals surface area contributed by atoms with Gasteiger partial charge in [0.05, 0.1) is 6.61 Å². The second-order valence-corrected chi connectivity index (χ2v) is 4.47. The summed E-state index contributed by atoms with van der Waals surface area (Å²) in [7, 11) is 0. The van der Waals surface area contributed by atoms with Gasteiger partial charge in [-0.3, -0.25) is 4.79 Å². The lowest BCUT2D eigenvalue weighted by molar-refractivity contribution is -0.116. The summed E-state index contributed by atoms with van der Waals surface area (Å²) in [6, 6.07) is 0. The Balaban J connectivity index is 2.27. The average molecular weight is 224 g/mol. The van der Waals surface area contributed by atoms with Gasteiger partial charge in [0.2, 0.25) is 0 Å². The first kappa shape index (κ1) is 13.4. The fraction of sp³-hybridized carbons (Fsp3) is 0.786. The highest BCUT2D eigenvalue weighted by Crippen LogP contribution is 2.18. The lowest BCUT2D eigenvalue weighted by Crippen LogP contribution is -2.08. The maximum Gasteiger partial charge on any atom is 0.160 e. The van der Waals surface area contributed by atoms with Crippen LogP contribution in [0.4, 0.5) is 0 Å². The van der Waals surface area contributed by atoms with Crippen molar-refractivity contribution in [1.82, 2.24) is 0 Å². The molecule has 0 radical (unpaired) electrons. The summed E-state index contributed by atoms with van der Waals surface area (Å²) >= 11 is 0. The minimum absolute atomic E-state index is 0.304. The molecule has 0 heterocycles. The number of ether oxygens (including phenoxy) is 1. The fourth-order valence-electron chi connectivity index (χ4n) is 2.02. The van der Waals surface area contributed by atoms with Crippen molar-refractivity contribution in [2.75, 3.05) is 13.2 Å². The van der Waals surface area contributed by atoms with Crippen LogP contribution in [0.3, 0.4) is 0 Å². The molecule has 1 rings (SSSR count). The third-order valence-electron chi connectivity index (χ3n) is 2.97.